The highest BCUT2D eigenvalue weighted by atomic mass is 32.2. The zero-order chi connectivity index (χ0) is 22.9. The first-order chi connectivity index (χ1) is 15.3. The van der Waals surface area contributed by atoms with Crippen LogP contribution in [-0.4, -0.2) is 54.1 Å². The maximum Gasteiger partial charge on any atom is 0.335 e. The van der Waals surface area contributed by atoms with Crippen LogP contribution in [0.4, 0.5) is 0 Å². The van der Waals surface area contributed by atoms with Crippen LogP contribution in [-0.2, 0) is 10.0 Å². The van der Waals surface area contributed by atoms with Crippen molar-refractivity contribution in [3.63, 3.8) is 0 Å². The monoisotopic (exact) mass is 470 g/mol. The molecule has 1 fully saturated rings. The van der Waals surface area contributed by atoms with Gasteiger partial charge in [-0.2, -0.15) is 16.9 Å². The van der Waals surface area contributed by atoms with Crippen molar-refractivity contribution < 1.29 is 23.1 Å². The minimum Gasteiger partial charge on any atom is -0.478 e. The minimum absolute atomic E-state index is 0.0860. The van der Waals surface area contributed by atoms with E-state index in [4.69, 9.17) is 5.11 Å². The molecule has 1 heterocycles. The molecular weight excluding hydrogens is 448 g/mol. The predicted molar refractivity (Wildman–Crippen MR) is 125 cm³/mol. The van der Waals surface area contributed by atoms with E-state index < -0.39 is 27.9 Å². The maximum absolute atomic E-state index is 13.4. The number of benzene rings is 3. The molecule has 0 bridgehead atoms. The lowest BCUT2D eigenvalue weighted by atomic mass is 10.1. The highest BCUT2D eigenvalue weighted by Gasteiger charge is 2.39. The third kappa shape index (κ3) is 4.50. The first kappa shape index (κ1) is 22.3. The Hall–Kier alpha value is -2.88. The van der Waals surface area contributed by atoms with Crippen molar-refractivity contribution in [1.82, 2.24) is 9.62 Å². The maximum atomic E-state index is 13.4. The second-order valence-corrected chi connectivity index (χ2v) is 10.3. The standard InChI is InChI=1S/C23H22N2O5S2/c26-22(16-5-7-17(8-6-16)23(27)28)24-13-19-12-20(31)14-25(19)32(29,30)21-10-9-15-3-1-2-4-18(15)11-21/h1-11,19-20,31H,12-14H2,(H,24,26)(H,27,28)/t19-,20+/m0/s1. The Bertz CT molecular complexity index is 1280. The highest BCUT2D eigenvalue weighted by Crippen LogP contribution is 2.30. The van der Waals surface area contributed by atoms with Crippen LogP contribution in [0.2, 0.25) is 0 Å². The fraction of sp³-hybridized carbons (Fsp3) is 0.217. The van der Waals surface area contributed by atoms with Gasteiger partial charge >= 0.3 is 5.97 Å². The normalized spacial score (nSPS) is 19.2. The minimum atomic E-state index is -3.77. The number of carboxylic acid groups (broad SMARTS) is 1. The summed E-state index contributed by atoms with van der Waals surface area (Å²) in [6.45, 7) is 0.384. The van der Waals surface area contributed by atoms with Gasteiger partial charge in [0, 0.05) is 29.9 Å². The van der Waals surface area contributed by atoms with E-state index in [1.807, 2.05) is 24.3 Å². The quantitative estimate of drug-likeness (QED) is 0.481. The number of hydrogen-bond donors (Lipinski definition) is 3. The first-order valence-electron chi connectivity index (χ1n) is 10.1. The molecular formula is C23H22N2O5S2. The lowest BCUT2D eigenvalue weighted by Crippen LogP contribution is -2.43. The van der Waals surface area contributed by atoms with Crippen LogP contribution in [0.3, 0.4) is 0 Å². The van der Waals surface area contributed by atoms with Crippen molar-refractivity contribution in [2.75, 3.05) is 13.1 Å². The van der Waals surface area contributed by atoms with Gasteiger partial charge in [-0.05, 0) is 53.6 Å². The highest BCUT2D eigenvalue weighted by molar-refractivity contribution is 7.89. The van der Waals surface area contributed by atoms with Gasteiger partial charge in [0.1, 0.15) is 0 Å². The zero-order valence-electron chi connectivity index (χ0n) is 17.0. The molecule has 7 nitrogen and oxygen atoms in total. The lowest BCUT2D eigenvalue weighted by molar-refractivity contribution is 0.0696. The fourth-order valence-electron chi connectivity index (χ4n) is 3.88. The molecule has 1 amide bonds. The summed E-state index contributed by atoms with van der Waals surface area (Å²) in [4.78, 5) is 23.7. The van der Waals surface area contributed by atoms with E-state index in [9.17, 15) is 18.0 Å². The number of sulfonamides is 1. The summed E-state index contributed by atoms with van der Waals surface area (Å²) in [5.41, 5.74) is 0.391. The van der Waals surface area contributed by atoms with E-state index in [0.717, 1.165) is 10.8 Å². The van der Waals surface area contributed by atoms with E-state index in [1.54, 1.807) is 18.2 Å². The molecule has 32 heavy (non-hydrogen) atoms. The average molecular weight is 471 g/mol. The number of amides is 1. The topological polar surface area (TPSA) is 104 Å². The molecule has 3 aromatic rings. The summed E-state index contributed by atoms with van der Waals surface area (Å²) in [7, 11) is -3.77. The van der Waals surface area contributed by atoms with Crippen molar-refractivity contribution in [2.24, 2.45) is 0 Å². The Morgan fingerprint density at radius 2 is 1.66 bits per heavy atom. The number of nitrogens with one attached hydrogen (secondary N) is 1. The Labute approximate surface area is 191 Å². The number of aromatic carboxylic acids is 1. The number of carboxylic acids is 1. The molecule has 3 aromatic carbocycles. The SMILES string of the molecule is O=C(O)c1ccc(C(=O)NC[C@@H]2C[C@@H](S)CN2S(=O)(=O)c2ccc3ccccc3c2)cc1. The van der Waals surface area contributed by atoms with Gasteiger partial charge in [-0.3, -0.25) is 4.79 Å². The van der Waals surface area contributed by atoms with Crippen LogP contribution in [0, 0.1) is 0 Å². The van der Waals surface area contributed by atoms with Gasteiger partial charge in [-0.15, -0.1) is 0 Å². The van der Waals surface area contributed by atoms with Gasteiger partial charge in [0.25, 0.3) is 5.91 Å². The molecule has 0 unspecified atom stereocenters. The Morgan fingerprint density at radius 1 is 1.00 bits per heavy atom. The van der Waals surface area contributed by atoms with Crippen molar-refractivity contribution in [3.8, 4) is 0 Å². The second-order valence-electron chi connectivity index (χ2n) is 7.72. The summed E-state index contributed by atoms with van der Waals surface area (Å²) in [5, 5.41) is 13.4. The van der Waals surface area contributed by atoms with Gasteiger partial charge < -0.3 is 10.4 Å². The van der Waals surface area contributed by atoms with Gasteiger partial charge in [0.05, 0.1) is 10.5 Å². The Balaban J connectivity index is 1.50. The van der Waals surface area contributed by atoms with Crippen LogP contribution in [0.25, 0.3) is 10.8 Å². The zero-order valence-corrected chi connectivity index (χ0v) is 18.7. The molecule has 4 rings (SSSR count). The molecule has 0 saturated carbocycles. The van der Waals surface area contributed by atoms with Crippen LogP contribution >= 0.6 is 12.6 Å². The summed E-state index contributed by atoms with van der Waals surface area (Å²) in [6, 6.07) is 17.7. The third-order valence-electron chi connectivity index (χ3n) is 5.56. The molecule has 0 aliphatic carbocycles. The number of rotatable bonds is 6. The molecule has 9 heteroatoms. The van der Waals surface area contributed by atoms with E-state index in [1.165, 1.54) is 28.6 Å². The van der Waals surface area contributed by atoms with E-state index in [-0.39, 0.29) is 28.8 Å². The summed E-state index contributed by atoms with van der Waals surface area (Å²) in [5.74, 6) is -1.47. The second kappa shape index (κ2) is 8.93. The molecule has 1 aliphatic rings. The van der Waals surface area contributed by atoms with Crippen LogP contribution in [0.5, 0.6) is 0 Å². The number of fused-ring (bicyclic) bond motifs is 1. The van der Waals surface area contributed by atoms with Crippen molar-refractivity contribution in [3.05, 3.63) is 77.9 Å². The Morgan fingerprint density at radius 3 is 2.34 bits per heavy atom. The van der Waals surface area contributed by atoms with Crippen molar-refractivity contribution >= 4 is 45.3 Å². The van der Waals surface area contributed by atoms with Gasteiger partial charge in [0.15, 0.2) is 0 Å². The number of nitrogens with zero attached hydrogens (tertiary/aromatic N) is 1. The van der Waals surface area contributed by atoms with Gasteiger partial charge in [0.2, 0.25) is 10.0 Å². The number of carbonyl (C=O) groups is 2. The molecule has 2 N–H and O–H groups in total. The molecule has 0 aromatic heterocycles. The summed E-state index contributed by atoms with van der Waals surface area (Å²) < 4.78 is 28.2. The molecule has 0 radical (unpaired) electrons. The predicted octanol–water partition coefficient (Wildman–Crippen LogP) is 3.03. The third-order valence-corrected chi connectivity index (χ3v) is 7.85. The van der Waals surface area contributed by atoms with Crippen LogP contribution < -0.4 is 5.32 Å². The van der Waals surface area contributed by atoms with Gasteiger partial charge in [-0.1, -0.05) is 30.3 Å². The summed E-state index contributed by atoms with van der Waals surface area (Å²) in [6.07, 6.45) is 0.508. The van der Waals surface area contributed by atoms with Gasteiger partial charge in [-0.25, -0.2) is 13.2 Å². The smallest absolute Gasteiger partial charge is 0.335 e. The molecule has 1 saturated heterocycles. The largest absolute Gasteiger partial charge is 0.478 e. The molecule has 1 aliphatic heterocycles. The first-order valence-corrected chi connectivity index (χ1v) is 12.0. The summed E-state index contributed by atoms with van der Waals surface area (Å²) >= 11 is 4.48. The van der Waals surface area contributed by atoms with Crippen LogP contribution in [0.1, 0.15) is 27.1 Å². The lowest BCUT2D eigenvalue weighted by Gasteiger charge is -2.24. The number of carbonyl (C=O) groups excluding carboxylic acids is 1. The number of hydrogen-bond acceptors (Lipinski definition) is 5. The average Bonchev–Trinajstić information content (AvgIpc) is 3.18. The van der Waals surface area contributed by atoms with Crippen LogP contribution in [0.15, 0.2) is 71.6 Å². The Kier molecular flexibility index (Phi) is 6.23. The number of thiol groups is 1. The van der Waals surface area contributed by atoms with Crippen molar-refractivity contribution in [2.45, 2.75) is 22.6 Å². The molecule has 2 atom stereocenters. The van der Waals surface area contributed by atoms with E-state index >= 15 is 0 Å². The van der Waals surface area contributed by atoms with Crippen molar-refractivity contribution in [1.29, 1.82) is 0 Å². The molecule has 0 spiro atoms. The van der Waals surface area contributed by atoms with E-state index in [0.29, 0.717) is 12.0 Å². The molecule has 166 valence electrons. The fourth-order valence-corrected chi connectivity index (χ4v) is 6.13. The van der Waals surface area contributed by atoms with E-state index in [2.05, 4.69) is 17.9 Å².